The summed E-state index contributed by atoms with van der Waals surface area (Å²) in [6, 6.07) is 0.569. The van der Waals surface area contributed by atoms with Crippen molar-refractivity contribution in [2.24, 2.45) is 7.05 Å². The lowest BCUT2D eigenvalue weighted by Gasteiger charge is -2.02. The van der Waals surface area contributed by atoms with Gasteiger partial charge in [0.1, 0.15) is 0 Å². The van der Waals surface area contributed by atoms with Crippen LogP contribution in [0.5, 0.6) is 5.88 Å². The molecule has 0 aliphatic rings. The van der Waals surface area contributed by atoms with Crippen LogP contribution < -0.4 is 4.65 Å². The molecule has 0 saturated carbocycles. The molecule has 1 aromatic rings. The van der Waals surface area contributed by atoms with E-state index in [0.717, 1.165) is 4.68 Å². The molecule has 0 radical (unpaired) electrons. The van der Waals surface area contributed by atoms with Crippen LogP contribution in [0.3, 0.4) is 0 Å². The Kier molecular flexibility index (Phi) is 2.72. The van der Waals surface area contributed by atoms with Gasteiger partial charge in [0.2, 0.25) is 0 Å². The number of rotatable bonds is 2. The van der Waals surface area contributed by atoms with Crippen LogP contribution in [0.1, 0.15) is 5.69 Å². The van der Waals surface area contributed by atoms with Gasteiger partial charge < -0.3 is 14.7 Å². The van der Waals surface area contributed by atoms with E-state index in [1.165, 1.54) is 7.05 Å². The first kappa shape index (κ1) is 10.9. The molecular formula is C5H6BF3N2O3. The summed E-state index contributed by atoms with van der Waals surface area (Å²) in [5.41, 5.74) is -1.16. The van der Waals surface area contributed by atoms with E-state index in [4.69, 9.17) is 10.0 Å². The Morgan fingerprint density at radius 3 is 2.43 bits per heavy atom. The van der Waals surface area contributed by atoms with Gasteiger partial charge in [0, 0.05) is 13.1 Å². The number of alkyl halides is 3. The molecule has 0 fully saturated rings. The maximum Gasteiger partial charge on any atom is 0.708 e. The highest BCUT2D eigenvalue weighted by molar-refractivity contribution is 6.33. The molecule has 0 spiro atoms. The van der Waals surface area contributed by atoms with Crippen LogP contribution in [0, 0.1) is 0 Å². The molecule has 9 heteroatoms. The highest BCUT2D eigenvalue weighted by Gasteiger charge is 2.35. The van der Waals surface area contributed by atoms with Gasteiger partial charge in [-0.05, 0) is 0 Å². The average molecular weight is 210 g/mol. The van der Waals surface area contributed by atoms with E-state index in [2.05, 4.69) is 9.75 Å². The van der Waals surface area contributed by atoms with Gasteiger partial charge in [0.15, 0.2) is 11.6 Å². The normalized spacial score (nSPS) is 11.6. The molecule has 0 aliphatic carbocycles. The minimum atomic E-state index is -4.58. The second-order valence-electron chi connectivity index (χ2n) is 2.43. The lowest BCUT2D eigenvalue weighted by molar-refractivity contribution is -0.141. The summed E-state index contributed by atoms with van der Waals surface area (Å²) < 4.78 is 41.2. The lowest BCUT2D eigenvalue weighted by Crippen LogP contribution is -2.21. The fourth-order valence-electron chi connectivity index (χ4n) is 0.807. The number of aryl methyl sites for hydroxylation is 1. The van der Waals surface area contributed by atoms with Crippen LogP contribution in [0.4, 0.5) is 13.2 Å². The van der Waals surface area contributed by atoms with E-state index < -0.39 is 19.2 Å². The molecule has 0 bridgehead atoms. The zero-order valence-electron chi connectivity index (χ0n) is 6.99. The van der Waals surface area contributed by atoms with E-state index in [-0.39, 0.29) is 5.88 Å². The standard InChI is InChI=1S/C5H6BF3N2O3/c1-11-4(14-6(12)13)2-3(10-11)5(7,8)9/h2,12-13H,1H3. The van der Waals surface area contributed by atoms with Crippen molar-refractivity contribution in [2.75, 3.05) is 0 Å². The van der Waals surface area contributed by atoms with Crippen molar-refractivity contribution in [3.63, 3.8) is 0 Å². The summed E-state index contributed by atoms with van der Waals surface area (Å²) in [5, 5.41) is 19.8. The van der Waals surface area contributed by atoms with Gasteiger partial charge in [-0.15, -0.1) is 0 Å². The first-order valence-electron chi connectivity index (χ1n) is 3.44. The molecule has 0 atom stereocenters. The minimum Gasteiger partial charge on any atom is -0.498 e. The minimum absolute atomic E-state index is 0.382. The van der Waals surface area contributed by atoms with Gasteiger partial charge in [0.25, 0.3) is 0 Å². The van der Waals surface area contributed by atoms with Crippen molar-refractivity contribution >= 4 is 7.32 Å². The summed E-state index contributed by atoms with van der Waals surface area (Å²) in [6.45, 7) is 0. The Hall–Kier alpha value is -1.22. The van der Waals surface area contributed by atoms with Crippen molar-refractivity contribution in [2.45, 2.75) is 6.18 Å². The fourth-order valence-corrected chi connectivity index (χ4v) is 0.807. The van der Waals surface area contributed by atoms with Crippen LogP contribution >= 0.6 is 0 Å². The molecule has 14 heavy (non-hydrogen) atoms. The van der Waals surface area contributed by atoms with E-state index >= 15 is 0 Å². The second-order valence-corrected chi connectivity index (χ2v) is 2.43. The van der Waals surface area contributed by atoms with Crippen molar-refractivity contribution in [3.8, 4) is 5.88 Å². The summed E-state index contributed by atoms with van der Waals surface area (Å²) in [6.07, 6.45) is -4.58. The smallest absolute Gasteiger partial charge is 0.498 e. The van der Waals surface area contributed by atoms with Crippen LogP contribution in [0.15, 0.2) is 6.07 Å². The zero-order chi connectivity index (χ0) is 10.9. The molecule has 1 heterocycles. The maximum atomic E-state index is 12.1. The summed E-state index contributed by atoms with van der Waals surface area (Å²) in [5.74, 6) is -0.382. The predicted molar refractivity (Wildman–Crippen MR) is 39.0 cm³/mol. The van der Waals surface area contributed by atoms with Crippen LogP contribution in [-0.4, -0.2) is 27.1 Å². The second kappa shape index (κ2) is 3.50. The third-order valence-corrected chi connectivity index (χ3v) is 1.35. The highest BCUT2D eigenvalue weighted by atomic mass is 19.4. The molecule has 2 N–H and O–H groups in total. The van der Waals surface area contributed by atoms with Crippen molar-refractivity contribution in [1.29, 1.82) is 0 Å². The monoisotopic (exact) mass is 210 g/mol. The first-order chi connectivity index (χ1) is 6.30. The van der Waals surface area contributed by atoms with Gasteiger partial charge in [0.05, 0.1) is 0 Å². The van der Waals surface area contributed by atoms with Gasteiger partial charge in [-0.2, -0.15) is 18.3 Å². The first-order valence-corrected chi connectivity index (χ1v) is 3.44. The van der Waals surface area contributed by atoms with E-state index in [1.807, 2.05) is 0 Å². The van der Waals surface area contributed by atoms with Crippen molar-refractivity contribution < 1.29 is 27.9 Å². The Morgan fingerprint density at radius 2 is 2.07 bits per heavy atom. The van der Waals surface area contributed by atoms with Crippen molar-refractivity contribution in [3.05, 3.63) is 11.8 Å². The van der Waals surface area contributed by atoms with Crippen LogP contribution in [-0.2, 0) is 13.2 Å². The Labute approximate surface area is 76.9 Å². The lowest BCUT2D eigenvalue weighted by atomic mass is 10.3. The molecule has 0 aliphatic heterocycles. The Morgan fingerprint density at radius 1 is 1.50 bits per heavy atom. The van der Waals surface area contributed by atoms with Crippen LogP contribution in [0.2, 0.25) is 0 Å². The van der Waals surface area contributed by atoms with E-state index in [1.54, 1.807) is 0 Å². The molecule has 0 amide bonds. The van der Waals surface area contributed by atoms with Gasteiger partial charge in [-0.3, -0.25) is 0 Å². The van der Waals surface area contributed by atoms with Gasteiger partial charge in [-0.25, -0.2) is 4.68 Å². The third-order valence-electron chi connectivity index (χ3n) is 1.35. The number of nitrogens with zero attached hydrogens (tertiary/aromatic N) is 2. The molecule has 0 saturated heterocycles. The number of hydrogen-bond donors (Lipinski definition) is 2. The Bertz CT molecular complexity index is 325. The number of aromatic nitrogens is 2. The summed E-state index contributed by atoms with van der Waals surface area (Å²) >= 11 is 0. The Balaban J connectivity index is 2.94. The molecule has 0 unspecified atom stereocenters. The quantitative estimate of drug-likeness (QED) is 0.662. The third kappa shape index (κ3) is 2.39. The van der Waals surface area contributed by atoms with Gasteiger partial charge in [-0.1, -0.05) is 0 Å². The molecule has 1 aromatic heterocycles. The molecule has 1 rings (SSSR count). The SMILES string of the molecule is Cn1nc(C(F)(F)F)cc1OB(O)O. The summed E-state index contributed by atoms with van der Waals surface area (Å²) in [7, 11) is -0.987. The van der Waals surface area contributed by atoms with Gasteiger partial charge >= 0.3 is 13.5 Å². The molecular weight excluding hydrogens is 204 g/mol. The topological polar surface area (TPSA) is 67.5 Å². The van der Waals surface area contributed by atoms with E-state index in [9.17, 15) is 13.2 Å². The number of hydrogen-bond acceptors (Lipinski definition) is 4. The molecule has 5 nitrogen and oxygen atoms in total. The number of halogens is 3. The molecule has 0 aromatic carbocycles. The zero-order valence-corrected chi connectivity index (χ0v) is 6.99. The fraction of sp³-hybridized carbons (Fsp3) is 0.400. The maximum absolute atomic E-state index is 12.1. The highest BCUT2D eigenvalue weighted by Crippen LogP contribution is 2.30. The molecule has 78 valence electrons. The predicted octanol–water partition coefficient (Wildman–Crippen LogP) is -0.213. The van der Waals surface area contributed by atoms with Crippen molar-refractivity contribution in [1.82, 2.24) is 9.78 Å². The van der Waals surface area contributed by atoms with E-state index in [0.29, 0.717) is 6.07 Å². The van der Waals surface area contributed by atoms with Crippen LogP contribution in [0.25, 0.3) is 0 Å². The largest absolute Gasteiger partial charge is 0.708 e. The average Bonchev–Trinajstić information content (AvgIpc) is 2.30. The summed E-state index contributed by atoms with van der Waals surface area (Å²) in [4.78, 5) is 0.